The number of benzene rings is 1. The maximum absolute atomic E-state index is 12.2. The van der Waals surface area contributed by atoms with Crippen LogP contribution in [0.3, 0.4) is 0 Å². The summed E-state index contributed by atoms with van der Waals surface area (Å²) in [4.78, 5) is 30.6. The first-order valence-electron chi connectivity index (χ1n) is 10.9. The minimum Gasteiger partial charge on any atom is -0.447 e. The van der Waals surface area contributed by atoms with Crippen molar-refractivity contribution in [2.24, 2.45) is 5.92 Å². The molecule has 3 heterocycles. The fourth-order valence-electron chi connectivity index (χ4n) is 5.29. The average Bonchev–Trinajstić information content (AvgIpc) is 3.27. The van der Waals surface area contributed by atoms with E-state index in [0.29, 0.717) is 5.92 Å². The van der Waals surface area contributed by atoms with E-state index in [9.17, 15) is 9.59 Å². The van der Waals surface area contributed by atoms with Crippen LogP contribution in [0, 0.1) is 5.92 Å². The first kappa shape index (κ1) is 20.2. The molecule has 1 atom stereocenters. The van der Waals surface area contributed by atoms with Crippen LogP contribution in [0.5, 0.6) is 0 Å². The van der Waals surface area contributed by atoms with Crippen molar-refractivity contribution in [3.8, 4) is 0 Å². The van der Waals surface area contributed by atoms with Crippen molar-refractivity contribution in [3.05, 3.63) is 29.8 Å². The summed E-state index contributed by atoms with van der Waals surface area (Å²) in [5, 5.41) is 0. The van der Waals surface area contributed by atoms with Crippen molar-refractivity contribution in [2.75, 3.05) is 44.2 Å². The zero-order valence-electron chi connectivity index (χ0n) is 17.9. The van der Waals surface area contributed by atoms with Crippen LogP contribution in [-0.4, -0.2) is 67.2 Å². The highest BCUT2D eigenvalue weighted by Gasteiger charge is 2.45. The minimum absolute atomic E-state index is 0.0660. The van der Waals surface area contributed by atoms with E-state index >= 15 is 0 Å². The number of hydrogen-bond donors (Lipinski definition) is 0. The summed E-state index contributed by atoms with van der Waals surface area (Å²) in [7, 11) is 0. The van der Waals surface area contributed by atoms with Gasteiger partial charge in [0, 0.05) is 44.2 Å². The molecule has 158 valence electrons. The van der Waals surface area contributed by atoms with E-state index in [1.807, 2.05) is 29.7 Å². The van der Waals surface area contributed by atoms with Gasteiger partial charge in [-0.15, -0.1) is 0 Å². The molecule has 0 radical (unpaired) electrons. The van der Waals surface area contributed by atoms with Crippen LogP contribution in [0.15, 0.2) is 24.3 Å². The molecule has 6 nitrogen and oxygen atoms in total. The SMILES string of the molecule is CC(=O)N1CC2(CCN(C[C@H]3CCN(C(=O)OC(C)C)C3)CC2)c2ccccc21. The normalized spacial score (nSPS) is 23.7. The Balaban J connectivity index is 1.34. The Morgan fingerprint density at radius 1 is 1.17 bits per heavy atom. The zero-order chi connectivity index (χ0) is 20.6. The molecule has 29 heavy (non-hydrogen) atoms. The molecule has 0 aliphatic carbocycles. The third-order valence-electron chi connectivity index (χ3n) is 6.82. The Kier molecular flexibility index (Phi) is 5.56. The first-order valence-corrected chi connectivity index (χ1v) is 10.9. The van der Waals surface area contributed by atoms with Crippen LogP contribution in [0.1, 0.15) is 45.6 Å². The smallest absolute Gasteiger partial charge is 0.410 e. The lowest BCUT2D eigenvalue weighted by atomic mass is 9.74. The number of para-hydroxylation sites is 1. The van der Waals surface area contributed by atoms with Crippen LogP contribution in [0.25, 0.3) is 0 Å². The van der Waals surface area contributed by atoms with Gasteiger partial charge < -0.3 is 19.4 Å². The first-order chi connectivity index (χ1) is 13.9. The number of carbonyl (C=O) groups excluding carboxylic acids is 2. The molecule has 2 saturated heterocycles. The highest BCUT2D eigenvalue weighted by atomic mass is 16.6. The van der Waals surface area contributed by atoms with E-state index in [4.69, 9.17) is 4.74 Å². The van der Waals surface area contributed by atoms with Gasteiger partial charge >= 0.3 is 6.09 Å². The standard InChI is InChI=1S/C23H33N3O3/c1-17(2)29-22(28)25-11-8-19(15-25)14-24-12-9-23(10-13-24)16-26(18(3)27)21-7-5-4-6-20(21)23/h4-7,17,19H,8-16H2,1-3H3/t19-/m1/s1. The summed E-state index contributed by atoms with van der Waals surface area (Å²) < 4.78 is 5.34. The molecule has 3 aliphatic heterocycles. The summed E-state index contributed by atoms with van der Waals surface area (Å²) in [6, 6.07) is 8.42. The van der Waals surface area contributed by atoms with Crippen molar-refractivity contribution >= 4 is 17.7 Å². The lowest BCUT2D eigenvalue weighted by Gasteiger charge is -2.40. The fourth-order valence-corrected chi connectivity index (χ4v) is 5.29. The lowest BCUT2D eigenvalue weighted by Crippen LogP contribution is -2.47. The molecule has 3 aliphatic rings. The molecular weight excluding hydrogens is 366 g/mol. The molecule has 0 unspecified atom stereocenters. The molecule has 1 aromatic rings. The molecule has 6 heteroatoms. The zero-order valence-corrected chi connectivity index (χ0v) is 17.9. The molecule has 1 spiro atoms. The summed E-state index contributed by atoms with van der Waals surface area (Å²) >= 11 is 0. The summed E-state index contributed by atoms with van der Waals surface area (Å²) in [6.07, 6.45) is 2.98. The number of fused-ring (bicyclic) bond motifs is 2. The number of piperidine rings is 1. The Morgan fingerprint density at radius 3 is 2.59 bits per heavy atom. The van der Waals surface area contributed by atoms with E-state index in [0.717, 1.165) is 64.2 Å². The fraction of sp³-hybridized carbons (Fsp3) is 0.652. The minimum atomic E-state index is -0.174. The van der Waals surface area contributed by atoms with Gasteiger partial charge in [0.15, 0.2) is 0 Å². The van der Waals surface area contributed by atoms with Gasteiger partial charge in [-0.25, -0.2) is 4.79 Å². The average molecular weight is 400 g/mol. The molecule has 0 aromatic heterocycles. The Morgan fingerprint density at radius 2 is 1.90 bits per heavy atom. The summed E-state index contributed by atoms with van der Waals surface area (Å²) in [5.74, 6) is 0.657. The van der Waals surface area contributed by atoms with Crippen molar-refractivity contribution in [2.45, 2.75) is 51.6 Å². The largest absolute Gasteiger partial charge is 0.447 e. The molecule has 0 N–H and O–H groups in total. The van der Waals surface area contributed by atoms with Gasteiger partial charge in [0.25, 0.3) is 0 Å². The second-order valence-corrected chi connectivity index (χ2v) is 9.24. The Hall–Kier alpha value is -2.08. The number of ether oxygens (including phenoxy) is 1. The van der Waals surface area contributed by atoms with E-state index in [2.05, 4.69) is 23.1 Å². The molecule has 2 amide bonds. The second-order valence-electron chi connectivity index (χ2n) is 9.24. The van der Waals surface area contributed by atoms with Gasteiger partial charge in [-0.05, 0) is 63.7 Å². The van der Waals surface area contributed by atoms with E-state index in [-0.39, 0.29) is 23.5 Å². The van der Waals surface area contributed by atoms with Crippen LogP contribution < -0.4 is 4.90 Å². The van der Waals surface area contributed by atoms with Gasteiger partial charge in [0.1, 0.15) is 0 Å². The molecule has 2 fully saturated rings. The number of carbonyl (C=O) groups is 2. The van der Waals surface area contributed by atoms with E-state index in [1.165, 1.54) is 5.56 Å². The van der Waals surface area contributed by atoms with Crippen LogP contribution in [-0.2, 0) is 14.9 Å². The molecule has 0 bridgehead atoms. The van der Waals surface area contributed by atoms with Crippen molar-refractivity contribution in [1.29, 1.82) is 0 Å². The molecule has 0 saturated carbocycles. The number of hydrogen-bond acceptors (Lipinski definition) is 4. The third kappa shape index (κ3) is 4.00. The number of anilines is 1. The van der Waals surface area contributed by atoms with Gasteiger partial charge in [-0.2, -0.15) is 0 Å². The number of likely N-dealkylation sites (tertiary alicyclic amines) is 2. The molecule has 1 aromatic carbocycles. The molecule has 4 rings (SSSR count). The summed E-state index contributed by atoms with van der Waals surface area (Å²) in [6.45, 7) is 11.0. The maximum atomic E-state index is 12.2. The predicted octanol–water partition coefficient (Wildman–Crippen LogP) is 3.25. The topological polar surface area (TPSA) is 53.1 Å². The van der Waals surface area contributed by atoms with Crippen molar-refractivity contribution in [1.82, 2.24) is 9.80 Å². The summed E-state index contributed by atoms with van der Waals surface area (Å²) in [5.41, 5.74) is 2.54. The number of amides is 2. The van der Waals surface area contributed by atoms with Crippen molar-refractivity contribution < 1.29 is 14.3 Å². The van der Waals surface area contributed by atoms with E-state index < -0.39 is 0 Å². The maximum Gasteiger partial charge on any atom is 0.410 e. The van der Waals surface area contributed by atoms with Crippen LogP contribution >= 0.6 is 0 Å². The lowest BCUT2D eigenvalue weighted by molar-refractivity contribution is -0.116. The number of rotatable bonds is 3. The predicted molar refractivity (Wildman–Crippen MR) is 113 cm³/mol. The van der Waals surface area contributed by atoms with Gasteiger partial charge in [0.2, 0.25) is 5.91 Å². The number of nitrogens with zero attached hydrogens (tertiary/aromatic N) is 3. The van der Waals surface area contributed by atoms with Crippen molar-refractivity contribution in [3.63, 3.8) is 0 Å². The highest BCUT2D eigenvalue weighted by Crippen LogP contribution is 2.47. The van der Waals surface area contributed by atoms with Crippen LogP contribution in [0.4, 0.5) is 10.5 Å². The monoisotopic (exact) mass is 399 g/mol. The van der Waals surface area contributed by atoms with Gasteiger partial charge in [-0.1, -0.05) is 18.2 Å². The Labute approximate surface area is 173 Å². The van der Waals surface area contributed by atoms with Crippen LogP contribution in [0.2, 0.25) is 0 Å². The third-order valence-corrected chi connectivity index (χ3v) is 6.82. The second kappa shape index (κ2) is 7.98. The van der Waals surface area contributed by atoms with E-state index in [1.54, 1.807) is 6.92 Å². The Bertz CT molecular complexity index is 770. The van der Waals surface area contributed by atoms with Gasteiger partial charge in [-0.3, -0.25) is 4.79 Å². The molecular formula is C23H33N3O3. The quantitative estimate of drug-likeness (QED) is 0.783. The van der Waals surface area contributed by atoms with Gasteiger partial charge in [0.05, 0.1) is 6.10 Å². The highest BCUT2D eigenvalue weighted by molar-refractivity contribution is 5.94.